The lowest BCUT2D eigenvalue weighted by atomic mass is 9.81. The van der Waals surface area contributed by atoms with Crippen molar-refractivity contribution < 1.29 is 9.47 Å². The molecule has 0 aliphatic carbocycles. The summed E-state index contributed by atoms with van der Waals surface area (Å²) in [5, 5.41) is 1.32. The van der Waals surface area contributed by atoms with Gasteiger partial charge in [0.1, 0.15) is 0 Å². The van der Waals surface area contributed by atoms with Crippen molar-refractivity contribution in [2.45, 2.75) is 18.6 Å². The summed E-state index contributed by atoms with van der Waals surface area (Å²) in [6.45, 7) is 4.43. The monoisotopic (exact) mass is 349 g/mol. The second-order valence-corrected chi connectivity index (χ2v) is 7.38. The van der Waals surface area contributed by atoms with Crippen LogP contribution in [0.15, 0.2) is 54.9 Å². The highest BCUT2D eigenvalue weighted by molar-refractivity contribution is 5.82. The Hall–Kier alpha value is -2.37. The van der Waals surface area contributed by atoms with Crippen LogP contribution in [0, 0.1) is 5.92 Å². The van der Waals surface area contributed by atoms with Crippen LogP contribution in [-0.4, -0.2) is 46.8 Å². The molecule has 5 nitrogen and oxygen atoms in total. The van der Waals surface area contributed by atoms with Gasteiger partial charge in [-0.25, -0.2) is 4.98 Å². The van der Waals surface area contributed by atoms with Gasteiger partial charge in [-0.05, 0) is 30.2 Å². The Morgan fingerprint density at radius 1 is 1.19 bits per heavy atom. The number of H-pyrrole nitrogens is 1. The van der Waals surface area contributed by atoms with Crippen LogP contribution >= 0.6 is 0 Å². The molecule has 2 aromatic heterocycles. The number of nitrogens with zero attached hydrogens (tertiary/aromatic N) is 2. The molecule has 2 aliphatic rings. The van der Waals surface area contributed by atoms with E-state index >= 15 is 0 Å². The van der Waals surface area contributed by atoms with Crippen LogP contribution in [0.1, 0.15) is 12.0 Å². The number of pyridine rings is 1. The number of ether oxygens (including phenoxy) is 2. The number of hydrogen-bond donors (Lipinski definition) is 1. The third-order valence-electron chi connectivity index (χ3n) is 5.73. The van der Waals surface area contributed by atoms with Crippen LogP contribution in [-0.2, 0) is 11.3 Å². The number of aromatic amines is 1. The van der Waals surface area contributed by atoms with Crippen molar-refractivity contribution in [1.29, 1.82) is 0 Å². The summed E-state index contributed by atoms with van der Waals surface area (Å²) in [6, 6.07) is 14.4. The van der Waals surface area contributed by atoms with Crippen LogP contribution < -0.4 is 4.74 Å². The Labute approximate surface area is 152 Å². The number of nitrogens with one attached hydrogen (secondary N) is 1. The van der Waals surface area contributed by atoms with E-state index in [1.807, 2.05) is 24.4 Å². The fraction of sp³-hybridized carbons (Fsp3) is 0.381. The van der Waals surface area contributed by atoms with Crippen molar-refractivity contribution in [3.05, 3.63) is 60.4 Å². The first-order chi connectivity index (χ1) is 12.8. The van der Waals surface area contributed by atoms with Gasteiger partial charge in [0.2, 0.25) is 5.88 Å². The van der Waals surface area contributed by atoms with Gasteiger partial charge in [-0.3, -0.25) is 4.90 Å². The van der Waals surface area contributed by atoms with Crippen LogP contribution in [0.25, 0.3) is 10.9 Å². The standard InChI is InChI=1S/C21H23N3O2/c1-2-9-23-20(6-1)25-13-17-8-11-26-21(17)14-24(15-21)12-16-4-3-5-19-18(16)7-10-22-19/h1-7,9-10,17,22H,8,11-15H2/t17-/m0/s1. The molecule has 2 aliphatic heterocycles. The normalized spacial score (nSPS) is 21.9. The van der Waals surface area contributed by atoms with Gasteiger partial charge in [0, 0.05) is 61.5 Å². The molecule has 1 spiro atoms. The van der Waals surface area contributed by atoms with Crippen molar-refractivity contribution in [3.63, 3.8) is 0 Å². The summed E-state index contributed by atoms with van der Waals surface area (Å²) in [6.07, 6.45) is 4.84. The number of rotatable bonds is 5. The number of aromatic nitrogens is 2. The molecule has 1 atom stereocenters. The first-order valence-corrected chi connectivity index (χ1v) is 9.28. The first-order valence-electron chi connectivity index (χ1n) is 9.28. The largest absolute Gasteiger partial charge is 0.477 e. The van der Waals surface area contributed by atoms with Crippen molar-refractivity contribution in [2.75, 3.05) is 26.3 Å². The van der Waals surface area contributed by atoms with Crippen LogP contribution in [0.3, 0.4) is 0 Å². The van der Waals surface area contributed by atoms with Crippen molar-refractivity contribution in [1.82, 2.24) is 14.9 Å². The fourth-order valence-corrected chi connectivity index (χ4v) is 4.34. The molecule has 134 valence electrons. The van der Waals surface area contributed by atoms with E-state index in [1.165, 1.54) is 16.5 Å². The highest BCUT2D eigenvalue weighted by Gasteiger charge is 2.53. The third kappa shape index (κ3) is 2.77. The van der Waals surface area contributed by atoms with Gasteiger partial charge in [-0.1, -0.05) is 18.2 Å². The third-order valence-corrected chi connectivity index (χ3v) is 5.73. The molecule has 2 fully saturated rings. The summed E-state index contributed by atoms with van der Waals surface area (Å²) in [7, 11) is 0. The predicted molar refractivity (Wildman–Crippen MR) is 100 cm³/mol. The molecule has 0 amide bonds. The summed E-state index contributed by atoms with van der Waals surface area (Å²) in [4.78, 5) is 10.0. The van der Waals surface area contributed by atoms with Crippen LogP contribution in [0.4, 0.5) is 0 Å². The number of benzene rings is 1. The topological polar surface area (TPSA) is 50.4 Å². The zero-order valence-electron chi connectivity index (χ0n) is 14.7. The van der Waals surface area contributed by atoms with Gasteiger partial charge in [0.15, 0.2) is 0 Å². The smallest absolute Gasteiger partial charge is 0.213 e. The average molecular weight is 349 g/mol. The van der Waals surface area contributed by atoms with Gasteiger partial charge in [0.05, 0.1) is 12.2 Å². The number of fused-ring (bicyclic) bond motifs is 1. The maximum Gasteiger partial charge on any atom is 0.213 e. The lowest BCUT2D eigenvalue weighted by molar-refractivity contribution is -0.140. The van der Waals surface area contributed by atoms with Gasteiger partial charge >= 0.3 is 0 Å². The summed E-state index contributed by atoms with van der Waals surface area (Å²) >= 11 is 0. The molecule has 26 heavy (non-hydrogen) atoms. The van der Waals surface area contributed by atoms with E-state index in [2.05, 4.69) is 39.1 Å². The van der Waals surface area contributed by atoms with E-state index in [4.69, 9.17) is 9.47 Å². The minimum Gasteiger partial charge on any atom is -0.477 e. The highest BCUT2D eigenvalue weighted by Crippen LogP contribution is 2.41. The zero-order chi connectivity index (χ0) is 17.4. The summed E-state index contributed by atoms with van der Waals surface area (Å²) in [5.41, 5.74) is 2.54. The highest BCUT2D eigenvalue weighted by atomic mass is 16.5. The molecule has 1 aromatic carbocycles. The summed E-state index contributed by atoms with van der Waals surface area (Å²) in [5.74, 6) is 1.13. The molecule has 2 saturated heterocycles. The molecule has 5 heteroatoms. The SMILES string of the molecule is c1ccc(OC[C@@H]2CCOC23CN(Cc2cccc4[nH]ccc24)C3)nc1. The van der Waals surface area contributed by atoms with Crippen molar-refractivity contribution in [3.8, 4) is 5.88 Å². The molecule has 0 saturated carbocycles. The first kappa shape index (κ1) is 15.9. The van der Waals surface area contributed by atoms with E-state index in [1.54, 1.807) is 6.20 Å². The Morgan fingerprint density at radius 3 is 3.04 bits per heavy atom. The van der Waals surface area contributed by atoms with Crippen LogP contribution in [0.5, 0.6) is 5.88 Å². The molecule has 3 aromatic rings. The minimum atomic E-state index is -0.0409. The second-order valence-electron chi connectivity index (χ2n) is 7.38. The van der Waals surface area contributed by atoms with E-state index in [9.17, 15) is 0 Å². The van der Waals surface area contributed by atoms with Crippen molar-refractivity contribution >= 4 is 10.9 Å². The Morgan fingerprint density at radius 2 is 2.15 bits per heavy atom. The van der Waals surface area contributed by atoms with Gasteiger partial charge < -0.3 is 14.5 Å². The van der Waals surface area contributed by atoms with E-state index in [0.717, 1.165) is 32.7 Å². The Bertz CT molecular complexity index is 886. The van der Waals surface area contributed by atoms with Gasteiger partial charge in [-0.15, -0.1) is 0 Å². The number of likely N-dealkylation sites (tertiary alicyclic amines) is 1. The quantitative estimate of drug-likeness (QED) is 0.768. The predicted octanol–water partition coefficient (Wildman–Crippen LogP) is 3.23. The van der Waals surface area contributed by atoms with Crippen LogP contribution in [0.2, 0.25) is 0 Å². The lowest BCUT2D eigenvalue weighted by Gasteiger charge is -2.50. The van der Waals surface area contributed by atoms with E-state index in [0.29, 0.717) is 18.4 Å². The minimum absolute atomic E-state index is 0.0409. The molecule has 4 heterocycles. The fourth-order valence-electron chi connectivity index (χ4n) is 4.34. The van der Waals surface area contributed by atoms with E-state index in [-0.39, 0.29) is 5.60 Å². The van der Waals surface area contributed by atoms with Gasteiger partial charge in [0.25, 0.3) is 0 Å². The zero-order valence-corrected chi connectivity index (χ0v) is 14.7. The van der Waals surface area contributed by atoms with Gasteiger partial charge in [-0.2, -0.15) is 0 Å². The van der Waals surface area contributed by atoms with Crippen molar-refractivity contribution in [2.24, 2.45) is 5.92 Å². The maximum atomic E-state index is 6.17. The molecule has 5 rings (SSSR count). The average Bonchev–Trinajstić information content (AvgIpc) is 3.28. The van der Waals surface area contributed by atoms with E-state index < -0.39 is 0 Å². The molecule has 0 bridgehead atoms. The Balaban J connectivity index is 1.22. The second kappa shape index (κ2) is 6.41. The maximum absolute atomic E-state index is 6.17. The Kier molecular flexibility index (Phi) is 3.91. The lowest BCUT2D eigenvalue weighted by Crippen LogP contribution is -2.64. The molecular weight excluding hydrogens is 326 g/mol. The molecule has 0 radical (unpaired) electrons. The molecule has 1 N–H and O–H groups in total. The number of hydrogen-bond acceptors (Lipinski definition) is 4. The summed E-state index contributed by atoms with van der Waals surface area (Å²) < 4.78 is 12.1. The molecule has 0 unspecified atom stereocenters. The molecular formula is C21H23N3O2.